The summed E-state index contributed by atoms with van der Waals surface area (Å²) in [6, 6.07) is 0.423. The predicted octanol–water partition coefficient (Wildman–Crippen LogP) is 3.32. The van der Waals surface area contributed by atoms with E-state index in [-0.39, 0.29) is 24.0 Å². The Morgan fingerprint density at radius 3 is 2.39 bits per heavy atom. The van der Waals surface area contributed by atoms with E-state index < -0.39 is 0 Å². The molecule has 0 bridgehead atoms. The molecule has 0 unspecified atom stereocenters. The van der Waals surface area contributed by atoms with Crippen molar-refractivity contribution in [3.63, 3.8) is 0 Å². The molecule has 6 heteroatoms. The SMILES string of the molecule is CCNC(=NCC1(N2CCSCC2)CCCCC1)NC(C)C.I. The first-order valence-electron chi connectivity index (χ1n) is 9.04. The molecule has 1 aliphatic heterocycles. The third kappa shape index (κ3) is 6.61. The summed E-state index contributed by atoms with van der Waals surface area (Å²) in [5.74, 6) is 3.56. The van der Waals surface area contributed by atoms with Crippen LogP contribution in [0.4, 0.5) is 0 Å². The Kier molecular flexibility index (Phi) is 10.2. The number of aliphatic imine (C=N–C) groups is 1. The average Bonchev–Trinajstić information content (AvgIpc) is 2.54. The smallest absolute Gasteiger partial charge is 0.191 e. The molecule has 2 rings (SSSR count). The van der Waals surface area contributed by atoms with E-state index in [2.05, 4.69) is 48.1 Å². The Morgan fingerprint density at radius 1 is 1.17 bits per heavy atom. The Bertz CT molecular complexity index is 351. The predicted molar refractivity (Wildman–Crippen MR) is 114 cm³/mol. The second kappa shape index (κ2) is 11.0. The molecule has 23 heavy (non-hydrogen) atoms. The molecule has 1 heterocycles. The van der Waals surface area contributed by atoms with Gasteiger partial charge >= 0.3 is 0 Å². The van der Waals surface area contributed by atoms with E-state index in [9.17, 15) is 0 Å². The molecule has 0 atom stereocenters. The van der Waals surface area contributed by atoms with E-state index >= 15 is 0 Å². The number of thioether (sulfide) groups is 1. The molecule has 0 radical (unpaired) electrons. The van der Waals surface area contributed by atoms with Gasteiger partial charge in [-0.25, -0.2) is 0 Å². The average molecular weight is 454 g/mol. The maximum atomic E-state index is 4.97. The molecule has 2 aliphatic rings. The Morgan fingerprint density at radius 2 is 1.83 bits per heavy atom. The lowest BCUT2D eigenvalue weighted by Crippen LogP contribution is -2.55. The van der Waals surface area contributed by atoms with Gasteiger partial charge in [0, 0.05) is 42.7 Å². The van der Waals surface area contributed by atoms with Crippen molar-refractivity contribution >= 4 is 41.7 Å². The Hall–Kier alpha value is 0.310. The number of nitrogens with one attached hydrogen (secondary N) is 2. The van der Waals surface area contributed by atoms with E-state index in [0.29, 0.717) is 11.6 Å². The van der Waals surface area contributed by atoms with Gasteiger partial charge in [-0.1, -0.05) is 19.3 Å². The molecule has 1 saturated carbocycles. The zero-order valence-corrected chi connectivity index (χ0v) is 18.2. The van der Waals surface area contributed by atoms with Crippen LogP contribution in [0.15, 0.2) is 4.99 Å². The lowest BCUT2D eigenvalue weighted by Gasteiger charge is -2.47. The minimum atomic E-state index is 0. The summed E-state index contributed by atoms with van der Waals surface area (Å²) in [5.41, 5.74) is 0.318. The monoisotopic (exact) mass is 454 g/mol. The van der Waals surface area contributed by atoms with Gasteiger partial charge in [0.2, 0.25) is 0 Å². The van der Waals surface area contributed by atoms with Crippen LogP contribution in [-0.2, 0) is 0 Å². The first-order chi connectivity index (χ1) is 10.7. The number of halogens is 1. The molecule has 1 saturated heterocycles. The summed E-state index contributed by atoms with van der Waals surface area (Å²) in [6.45, 7) is 10.8. The first-order valence-corrected chi connectivity index (χ1v) is 10.2. The van der Waals surface area contributed by atoms with Crippen LogP contribution >= 0.6 is 35.7 Å². The zero-order chi connectivity index (χ0) is 15.8. The second-order valence-corrected chi connectivity index (χ2v) is 8.10. The van der Waals surface area contributed by atoms with Crippen molar-refractivity contribution in [3.8, 4) is 0 Å². The highest BCUT2D eigenvalue weighted by Gasteiger charge is 2.38. The maximum Gasteiger partial charge on any atom is 0.191 e. The highest BCUT2D eigenvalue weighted by atomic mass is 127. The first kappa shape index (κ1) is 21.4. The van der Waals surface area contributed by atoms with Crippen molar-refractivity contribution in [2.24, 2.45) is 4.99 Å². The molecule has 4 nitrogen and oxygen atoms in total. The van der Waals surface area contributed by atoms with E-state index in [1.807, 2.05) is 0 Å². The van der Waals surface area contributed by atoms with Crippen LogP contribution in [0.1, 0.15) is 52.9 Å². The molecule has 1 aliphatic carbocycles. The van der Waals surface area contributed by atoms with Crippen molar-refractivity contribution < 1.29 is 0 Å². The van der Waals surface area contributed by atoms with Crippen LogP contribution < -0.4 is 10.6 Å². The van der Waals surface area contributed by atoms with Crippen molar-refractivity contribution in [1.29, 1.82) is 0 Å². The minimum absolute atomic E-state index is 0. The molecular formula is C17H35IN4S. The van der Waals surface area contributed by atoms with Crippen molar-refractivity contribution in [2.75, 3.05) is 37.7 Å². The normalized spacial score (nSPS) is 22.5. The van der Waals surface area contributed by atoms with E-state index in [1.54, 1.807) is 0 Å². The molecule has 0 aromatic rings. The van der Waals surface area contributed by atoms with Gasteiger partial charge in [0.15, 0.2) is 5.96 Å². The van der Waals surface area contributed by atoms with Gasteiger partial charge in [-0.3, -0.25) is 9.89 Å². The topological polar surface area (TPSA) is 39.7 Å². The highest BCUT2D eigenvalue weighted by molar-refractivity contribution is 14.0. The third-order valence-corrected chi connectivity index (χ3v) is 5.71. The van der Waals surface area contributed by atoms with Gasteiger partial charge in [-0.2, -0.15) is 11.8 Å². The van der Waals surface area contributed by atoms with Crippen molar-refractivity contribution in [3.05, 3.63) is 0 Å². The number of guanidine groups is 1. The fourth-order valence-electron chi connectivity index (χ4n) is 3.64. The summed E-state index contributed by atoms with van der Waals surface area (Å²) in [7, 11) is 0. The third-order valence-electron chi connectivity index (χ3n) is 4.77. The molecule has 0 aromatic carbocycles. The van der Waals surface area contributed by atoms with Crippen LogP contribution in [0, 0.1) is 0 Å². The van der Waals surface area contributed by atoms with Crippen LogP contribution in [0.2, 0.25) is 0 Å². The highest BCUT2D eigenvalue weighted by Crippen LogP contribution is 2.35. The largest absolute Gasteiger partial charge is 0.357 e. The standard InChI is InChI=1S/C17H34N4S.HI/c1-4-18-16(20-15(2)3)19-14-17(8-6-5-7-9-17)21-10-12-22-13-11-21;/h15H,4-14H2,1-3H3,(H2,18,19,20);1H. The number of hydrogen-bond acceptors (Lipinski definition) is 3. The van der Waals surface area contributed by atoms with Crippen LogP contribution in [0.25, 0.3) is 0 Å². The fraction of sp³-hybridized carbons (Fsp3) is 0.941. The summed E-state index contributed by atoms with van der Waals surface area (Å²) >= 11 is 2.10. The summed E-state index contributed by atoms with van der Waals surface area (Å²) in [4.78, 5) is 7.73. The maximum absolute atomic E-state index is 4.97. The van der Waals surface area contributed by atoms with E-state index in [0.717, 1.165) is 19.0 Å². The summed E-state index contributed by atoms with van der Waals surface area (Å²) in [6.07, 6.45) is 6.78. The van der Waals surface area contributed by atoms with Gasteiger partial charge in [0.1, 0.15) is 0 Å². The molecular weight excluding hydrogens is 419 g/mol. The Balaban J connectivity index is 0.00000264. The quantitative estimate of drug-likeness (QED) is 0.380. The molecule has 2 fully saturated rings. The van der Waals surface area contributed by atoms with Gasteiger partial charge < -0.3 is 10.6 Å². The number of rotatable bonds is 5. The zero-order valence-electron chi connectivity index (χ0n) is 15.1. The van der Waals surface area contributed by atoms with E-state index in [1.165, 1.54) is 56.7 Å². The lowest BCUT2D eigenvalue weighted by molar-refractivity contribution is 0.0671. The molecule has 0 amide bonds. The molecule has 136 valence electrons. The number of nitrogens with zero attached hydrogens (tertiary/aromatic N) is 2. The molecule has 2 N–H and O–H groups in total. The van der Waals surface area contributed by atoms with Crippen LogP contribution in [0.3, 0.4) is 0 Å². The molecule has 0 spiro atoms. The van der Waals surface area contributed by atoms with E-state index in [4.69, 9.17) is 4.99 Å². The second-order valence-electron chi connectivity index (χ2n) is 6.88. The van der Waals surface area contributed by atoms with Gasteiger partial charge in [-0.05, 0) is 33.6 Å². The minimum Gasteiger partial charge on any atom is -0.357 e. The van der Waals surface area contributed by atoms with Crippen molar-refractivity contribution in [2.45, 2.75) is 64.5 Å². The van der Waals surface area contributed by atoms with Gasteiger partial charge in [0.05, 0.1) is 6.54 Å². The van der Waals surface area contributed by atoms with Crippen LogP contribution in [0.5, 0.6) is 0 Å². The van der Waals surface area contributed by atoms with Gasteiger partial charge in [0.25, 0.3) is 0 Å². The fourth-order valence-corrected chi connectivity index (χ4v) is 4.54. The van der Waals surface area contributed by atoms with Gasteiger partial charge in [-0.15, -0.1) is 24.0 Å². The summed E-state index contributed by atoms with van der Waals surface area (Å²) < 4.78 is 0. The summed E-state index contributed by atoms with van der Waals surface area (Å²) in [5, 5.41) is 6.85. The van der Waals surface area contributed by atoms with Crippen molar-refractivity contribution in [1.82, 2.24) is 15.5 Å². The Labute approximate surface area is 164 Å². The number of hydrogen-bond donors (Lipinski definition) is 2. The lowest BCUT2D eigenvalue weighted by atomic mass is 9.80. The molecule has 0 aromatic heterocycles. The van der Waals surface area contributed by atoms with Crippen LogP contribution in [-0.4, -0.2) is 60.1 Å².